The smallest absolute Gasteiger partial charge is 0.251 e. The number of rotatable bonds is 9. The molecule has 3 aromatic carbocycles. The van der Waals surface area contributed by atoms with Crippen LogP contribution < -0.4 is 21.7 Å². The van der Waals surface area contributed by atoms with Crippen molar-refractivity contribution in [2.75, 3.05) is 32.2 Å². The van der Waals surface area contributed by atoms with Crippen LogP contribution in [0.15, 0.2) is 88.2 Å². The van der Waals surface area contributed by atoms with Gasteiger partial charge in [-0.3, -0.25) is 4.79 Å². The maximum absolute atomic E-state index is 11.6. The van der Waals surface area contributed by atoms with Gasteiger partial charge in [-0.1, -0.05) is 53.7 Å². The summed E-state index contributed by atoms with van der Waals surface area (Å²) >= 11 is 6.03. The molecule has 6 nitrogen and oxygen atoms in total. The molecule has 4 rings (SSSR count). The Morgan fingerprint density at radius 1 is 1.08 bits per heavy atom. The number of thiol groups is 1. The first-order valence-electron chi connectivity index (χ1n) is 13.0. The van der Waals surface area contributed by atoms with Crippen LogP contribution in [0.3, 0.4) is 0 Å². The number of likely N-dealkylation sites (N-methyl/N-ethyl adjacent to an activating group) is 1. The standard InChI is InChI=1S/C20H25N3S.C11H15NO2S/c1-13(2)19(22)15-8-6-7-14(11-15)12-16(21)20-23(3)17-9-4-5-10-18(17)24-20;1-14-7-3-6-12-11(13)9-4-2-5-10(15)8-9/h4-11,16,20H,12,21-22H2,1-3H3;2,4-5,8,15H,3,6-7H2,1H3,(H,12,13). The number of methoxy groups -OCH3 is 1. The summed E-state index contributed by atoms with van der Waals surface area (Å²) in [5, 5.41) is 3.06. The summed E-state index contributed by atoms with van der Waals surface area (Å²) in [5.41, 5.74) is 18.9. The number of nitrogens with two attached hydrogens (primary N) is 2. The number of nitrogens with one attached hydrogen (secondary N) is 1. The van der Waals surface area contributed by atoms with Gasteiger partial charge in [0.25, 0.3) is 5.91 Å². The highest BCUT2D eigenvalue weighted by Crippen LogP contribution is 2.43. The number of anilines is 1. The van der Waals surface area contributed by atoms with Crippen LogP contribution in [0, 0.1) is 0 Å². The Hall–Kier alpha value is -2.91. The molecular formula is C31H40N4O2S2. The number of ether oxygens (including phenoxy) is 1. The maximum Gasteiger partial charge on any atom is 0.251 e. The molecule has 1 aliphatic heterocycles. The predicted molar refractivity (Wildman–Crippen MR) is 168 cm³/mol. The van der Waals surface area contributed by atoms with Crippen molar-refractivity contribution in [1.82, 2.24) is 5.32 Å². The van der Waals surface area contributed by atoms with Crippen molar-refractivity contribution in [3.05, 3.63) is 95.1 Å². The number of fused-ring (bicyclic) bond motifs is 1. The van der Waals surface area contributed by atoms with Crippen molar-refractivity contribution in [2.45, 2.75) is 47.9 Å². The average molecular weight is 565 g/mol. The molecule has 0 radical (unpaired) electrons. The second kappa shape index (κ2) is 15.0. The first-order valence-corrected chi connectivity index (χ1v) is 14.4. The van der Waals surface area contributed by atoms with Gasteiger partial charge in [-0.05, 0) is 74.2 Å². The molecule has 2 atom stereocenters. The van der Waals surface area contributed by atoms with Crippen molar-refractivity contribution in [3.8, 4) is 0 Å². The van der Waals surface area contributed by atoms with Crippen LogP contribution in [0.4, 0.5) is 5.69 Å². The van der Waals surface area contributed by atoms with E-state index in [1.165, 1.54) is 16.1 Å². The monoisotopic (exact) mass is 564 g/mol. The molecule has 0 aromatic heterocycles. The summed E-state index contributed by atoms with van der Waals surface area (Å²) in [5.74, 6) is -0.0676. The Balaban J connectivity index is 0.000000242. The second-order valence-electron chi connectivity index (χ2n) is 9.72. The summed E-state index contributed by atoms with van der Waals surface area (Å²) < 4.78 is 4.88. The minimum atomic E-state index is -0.0676. The maximum atomic E-state index is 11.6. The topological polar surface area (TPSA) is 93.6 Å². The van der Waals surface area contributed by atoms with Crippen LogP contribution in [-0.4, -0.2) is 44.6 Å². The quantitative estimate of drug-likeness (QED) is 0.200. The summed E-state index contributed by atoms with van der Waals surface area (Å²) in [4.78, 5) is 16.0. The number of hydrogen-bond donors (Lipinski definition) is 4. The van der Waals surface area contributed by atoms with Gasteiger partial charge in [0, 0.05) is 54.4 Å². The predicted octanol–water partition coefficient (Wildman–Crippen LogP) is 5.58. The van der Waals surface area contributed by atoms with Crippen LogP contribution in [0.5, 0.6) is 0 Å². The Kier molecular flexibility index (Phi) is 11.8. The third-order valence-electron chi connectivity index (χ3n) is 6.41. The van der Waals surface area contributed by atoms with Gasteiger partial charge >= 0.3 is 0 Å². The van der Waals surface area contributed by atoms with Crippen molar-refractivity contribution in [3.63, 3.8) is 0 Å². The molecular weight excluding hydrogens is 525 g/mol. The van der Waals surface area contributed by atoms with E-state index in [9.17, 15) is 4.79 Å². The summed E-state index contributed by atoms with van der Waals surface area (Å²) in [6.45, 7) is 5.36. The lowest BCUT2D eigenvalue weighted by Crippen LogP contribution is -2.43. The third kappa shape index (κ3) is 8.80. The molecule has 0 saturated heterocycles. The summed E-state index contributed by atoms with van der Waals surface area (Å²) in [7, 11) is 3.77. The minimum absolute atomic E-state index is 0.0515. The number of amides is 1. The van der Waals surface area contributed by atoms with Crippen LogP contribution in [0.1, 0.15) is 41.8 Å². The Morgan fingerprint density at radius 3 is 2.49 bits per heavy atom. The first-order chi connectivity index (χ1) is 18.7. The largest absolute Gasteiger partial charge is 0.398 e. The van der Waals surface area contributed by atoms with Crippen LogP contribution in [0.25, 0.3) is 5.70 Å². The van der Waals surface area contributed by atoms with Crippen LogP contribution in [-0.2, 0) is 11.2 Å². The molecule has 1 aliphatic rings. The van der Waals surface area contributed by atoms with Crippen LogP contribution >= 0.6 is 24.4 Å². The highest BCUT2D eigenvalue weighted by Gasteiger charge is 2.31. The van der Waals surface area contributed by atoms with Gasteiger partial charge in [0.05, 0.1) is 11.1 Å². The lowest BCUT2D eigenvalue weighted by atomic mass is 10.0. The van der Waals surface area contributed by atoms with Crippen molar-refractivity contribution in [1.29, 1.82) is 0 Å². The number of thioether (sulfide) groups is 1. The van der Waals surface area contributed by atoms with E-state index in [1.54, 1.807) is 19.2 Å². The lowest BCUT2D eigenvalue weighted by Gasteiger charge is -2.27. The molecule has 0 saturated carbocycles. The van der Waals surface area contributed by atoms with E-state index in [1.807, 2.05) is 37.7 Å². The van der Waals surface area contributed by atoms with E-state index in [0.717, 1.165) is 34.6 Å². The SMILES string of the molecule is CC(C)=C(N)c1cccc(CC(N)C2Sc3ccccc3N2C)c1.COCCCNC(=O)c1cccc(S)c1. The van der Waals surface area contributed by atoms with E-state index in [0.29, 0.717) is 18.7 Å². The first kappa shape index (κ1) is 30.6. The fraction of sp³-hybridized carbons (Fsp3) is 0.323. The number of carbonyl (C=O) groups excluding carboxylic acids is 1. The zero-order valence-electron chi connectivity index (χ0n) is 23.2. The molecule has 2 unspecified atom stereocenters. The Bertz CT molecular complexity index is 1280. The van der Waals surface area contributed by atoms with Gasteiger partial charge in [-0.25, -0.2) is 0 Å². The molecule has 0 spiro atoms. The molecule has 0 bridgehead atoms. The molecule has 5 N–H and O–H groups in total. The lowest BCUT2D eigenvalue weighted by molar-refractivity contribution is 0.0948. The molecule has 39 heavy (non-hydrogen) atoms. The highest BCUT2D eigenvalue weighted by atomic mass is 32.2. The number of nitrogens with zero attached hydrogens (tertiary/aromatic N) is 1. The molecule has 208 valence electrons. The highest BCUT2D eigenvalue weighted by molar-refractivity contribution is 8.00. The number of benzene rings is 3. The van der Waals surface area contributed by atoms with Crippen LogP contribution in [0.2, 0.25) is 0 Å². The van der Waals surface area contributed by atoms with Gasteiger partial charge in [-0.15, -0.1) is 12.6 Å². The fourth-order valence-electron chi connectivity index (χ4n) is 4.26. The van der Waals surface area contributed by atoms with E-state index >= 15 is 0 Å². The fourth-order valence-corrected chi connectivity index (χ4v) is 5.78. The second-order valence-corrected chi connectivity index (χ2v) is 11.4. The summed E-state index contributed by atoms with van der Waals surface area (Å²) in [6.07, 6.45) is 1.66. The number of carbonyl (C=O) groups is 1. The molecule has 3 aromatic rings. The van der Waals surface area contributed by atoms with E-state index in [-0.39, 0.29) is 17.3 Å². The van der Waals surface area contributed by atoms with Crippen molar-refractivity contribution in [2.24, 2.45) is 11.5 Å². The number of allylic oxidation sites excluding steroid dienone is 1. The number of hydrogen-bond acceptors (Lipinski definition) is 7. The van der Waals surface area contributed by atoms with Gasteiger partial charge in [0.1, 0.15) is 0 Å². The van der Waals surface area contributed by atoms with E-state index < -0.39 is 0 Å². The van der Waals surface area contributed by atoms with Gasteiger partial charge < -0.3 is 26.4 Å². The molecule has 0 fully saturated rings. The van der Waals surface area contributed by atoms with E-state index in [4.69, 9.17) is 16.2 Å². The summed E-state index contributed by atoms with van der Waals surface area (Å²) in [6, 6.07) is 24.1. The Labute approximate surface area is 242 Å². The van der Waals surface area contributed by atoms with Gasteiger partial charge in [-0.2, -0.15) is 0 Å². The zero-order valence-corrected chi connectivity index (χ0v) is 24.9. The van der Waals surface area contributed by atoms with E-state index in [2.05, 4.69) is 78.4 Å². The minimum Gasteiger partial charge on any atom is -0.398 e. The number of para-hydroxylation sites is 1. The van der Waals surface area contributed by atoms with Crippen molar-refractivity contribution >= 4 is 41.7 Å². The Morgan fingerprint density at radius 2 is 1.79 bits per heavy atom. The molecule has 1 amide bonds. The molecule has 8 heteroatoms. The van der Waals surface area contributed by atoms with Gasteiger partial charge in [0.15, 0.2) is 0 Å². The molecule has 0 aliphatic carbocycles. The van der Waals surface area contributed by atoms with Crippen molar-refractivity contribution < 1.29 is 9.53 Å². The molecule has 1 heterocycles. The van der Waals surface area contributed by atoms with Gasteiger partial charge in [0.2, 0.25) is 0 Å². The third-order valence-corrected chi connectivity index (χ3v) is 8.19. The normalized spacial score (nSPS) is 14.6. The average Bonchev–Trinajstić information content (AvgIpc) is 3.27. The zero-order chi connectivity index (χ0) is 28.4.